The van der Waals surface area contributed by atoms with Gasteiger partial charge in [0, 0.05) is 68.7 Å². The predicted molar refractivity (Wildman–Crippen MR) is 128 cm³/mol. The quantitative estimate of drug-likeness (QED) is 0.594. The first kappa shape index (κ1) is 21.9. The summed E-state index contributed by atoms with van der Waals surface area (Å²) < 4.78 is 28.2. The Hall–Kier alpha value is -2.97. The highest BCUT2D eigenvalue weighted by Gasteiger charge is 2.34. The number of nitrogens with zero attached hydrogens (tertiary/aromatic N) is 4. The SMILES string of the molecule is O=C(C1CCN(c2ccncc2)CC1)N1CCN(S(=O)(=O)c2cccc3ccccc23)CC1. The molecule has 2 aliphatic heterocycles. The summed E-state index contributed by atoms with van der Waals surface area (Å²) in [6, 6.07) is 16.9. The highest BCUT2D eigenvalue weighted by molar-refractivity contribution is 7.89. The molecule has 0 spiro atoms. The van der Waals surface area contributed by atoms with Gasteiger partial charge < -0.3 is 9.80 Å². The standard InChI is InChI=1S/C25H28N4O3S/c30-25(21-10-14-27(15-11-21)22-8-12-26-13-9-22)28-16-18-29(19-17-28)33(31,32)24-7-3-5-20-4-1-2-6-23(20)24/h1-9,12-13,21H,10-11,14-19H2. The number of sulfonamides is 1. The molecule has 7 nitrogen and oxygen atoms in total. The molecule has 2 fully saturated rings. The molecule has 2 aromatic carbocycles. The molecule has 8 heteroatoms. The smallest absolute Gasteiger partial charge is 0.243 e. The van der Waals surface area contributed by atoms with E-state index < -0.39 is 10.0 Å². The zero-order valence-corrected chi connectivity index (χ0v) is 19.3. The van der Waals surface area contributed by atoms with Crippen LogP contribution in [0.5, 0.6) is 0 Å². The van der Waals surface area contributed by atoms with Crippen LogP contribution in [0.4, 0.5) is 5.69 Å². The number of hydrogen-bond acceptors (Lipinski definition) is 5. The molecule has 3 heterocycles. The van der Waals surface area contributed by atoms with Crippen LogP contribution in [0.2, 0.25) is 0 Å². The maximum atomic E-state index is 13.4. The Morgan fingerprint density at radius 3 is 2.21 bits per heavy atom. The fourth-order valence-corrected chi connectivity index (χ4v) is 6.54. The van der Waals surface area contributed by atoms with Crippen LogP contribution in [0.3, 0.4) is 0 Å². The number of benzene rings is 2. The van der Waals surface area contributed by atoms with Crippen molar-refractivity contribution in [2.45, 2.75) is 17.7 Å². The molecule has 0 N–H and O–H groups in total. The van der Waals surface area contributed by atoms with Crippen molar-refractivity contribution in [2.24, 2.45) is 5.92 Å². The molecule has 0 radical (unpaired) electrons. The lowest BCUT2D eigenvalue weighted by atomic mass is 9.94. The third kappa shape index (κ3) is 4.32. The number of carbonyl (C=O) groups is 1. The number of pyridine rings is 1. The van der Waals surface area contributed by atoms with E-state index >= 15 is 0 Å². The molecule has 1 amide bonds. The summed E-state index contributed by atoms with van der Waals surface area (Å²) >= 11 is 0. The average molecular weight is 465 g/mol. The fraction of sp³-hybridized carbons (Fsp3) is 0.360. The summed E-state index contributed by atoms with van der Waals surface area (Å²) in [6.45, 7) is 3.22. The minimum atomic E-state index is -3.62. The molecule has 5 rings (SSSR count). The molecule has 172 valence electrons. The molecule has 2 aliphatic rings. The van der Waals surface area contributed by atoms with Gasteiger partial charge in [-0.2, -0.15) is 4.31 Å². The van der Waals surface area contributed by atoms with Gasteiger partial charge in [-0.25, -0.2) is 8.42 Å². The van der Waals surface area contributed by atoms with Crippen LogP contribution >= 0.6 is 0 Å². The van der Waals surface area contributed by atoms with E-state index in [1.54, 1.807) is 24.5 Å². The van der Waals surface area contributed by atoms with Crippen molar-refractivity contribution < 1.29 is 13.2 Å². The van der Waals surface area contributed by atoms with Crippen LogP contribution in [0.25, 0.3) is 10.8 Å². The predicted octanol–water partition coefficient (Wildman–Crippen LogP) is 2.98. The van der Waals surface area contributed by atoms with E-state index in [1.807, 2.05) is 47.4 Å². The maximum Gasteiger partial charge on any atom is 0.243 e. The van der Waals surface area contributed by atoms with Gasteiger partial charge in [-0.15, -0.1) is 0 Å². The first-order valence-electron chi connectivity index (χ1n) is 11.5. The van der Waals surface area contributed by atoms with E-state index in [9.17, 15) is 13.2 Å². The molecular formula is C25H28N4O3S. The zero-order chi connectivity index (χ0) is 22.8. The number of piperazine rings is 1. The number of carbonyl (C=O) groups excluding carboxylic acids is 1. The second-order valence-corrected chi connectivity index (χ2v) is 10.6. The minimum Gasteiger partial charge on any atom is -0.371 e. The Morgan fingerprint density at radius 2 is 1.48 bits per heavy atom. The highest BCUT2D eigenvalue weighted by Crippen LogP contribution is 2.28. The van der Waals surface area contributed by atoms with Crippen LogP contribution in [0, 0.1) is 5.92 Å². The Labute approximate surface area is 194 Å². The van der Waals surface area contributed by atoms with Gasteiger partial charge in [0.2, 0.25) is 15.9 Å². The molecule has 0 unspecified atom stereocenters. The minimum absolute atomic E-state index is 0.00399. The monoisotopic (exact) mass is 464 g/mol. The molecular weight excluding hydrogens is 436 g/mol. The Bertz CT molecular complexity index is 1230. The van der Waals surface area contributed by atoms with E-state index in [0.717, 1.165) is 42.4 Å². The number of fused-ring (bicyclic) bond motifs is 1. The molecule has 2 saturated heterocycles. The number of anilines is 1. The topological polar surface area (TPSA) is 73.8 Å². The lowest BCUT2D eigenvalue weighted by molar-refractivity contribution is -0.137. The summed E-state index contributed by atoms with van der Waals surface area (Å²) in [5.74, 6) is 0.163. The van der Waals surface area contributed by atoms with Gasteiger partial charge in [0.1, 0.15) is 0 Å². The average Bonchev–Trinajstić information content (AvgIpc) is 2.88. The zero-order valence-electron chi connectivity index (χ0n) is 18.5. The molecule has 0 bridgehead atoms. The molecule has 3 aromatic rings. The largest absolute Gasteiger partial charge is 0.371 e. The molecule has 0 aliphatic carbocycles. The summed E-state index contributed by atoms with van der Waals surface area (Å²) in [4.78, 5) is 21.7. The van der Waals surface area contributed by atoms with Crippen LogP contribution in [-0.4, -0.2) is 67.8 Å². The summed E-state index contributed by atoms with van der Waals surface area (Å²) in [5, 5.41) is 1.64. The van der Waals surface area contributed by atoms with Gasteiger partial charge in [0.15, 0.2) is 0 Å². The first-order valence-corrected chi connectivity index (χ1v) is 12.9. The van der Waals surface area contributed by atoms with Crippen molar-refractivity contribution in [3.63, 3.8) is 0 Å². The molecule has 33 heavy (non-hydrogen) atoms. The number of aromatic nitrogens is 1. The van der Waals surface area contributed by atoms with Gasteiger partial charge in [-0.1, -0.05) is 36.4 Å². The van der Waals surface area contributed by atoms with E-state index in [0.29, 0.717) is 31.1 Å². The van der Waals surface area contributed by atoms with Gasteiger partial charge >= 0.3 is 0 Å². The number of hydrogen-bond donors (Lipinski definition) is 0. The van der Waals surface area contributed by atoms with E-state index in [4.69, 9.17) is 0 Å². The third-order valence-corrected chi connectivity index (χ3v) is 8.75. The lowest BCUT2D eigenvalue weighted by Gasteiger charge is -2.38. The third-order valence-electron chi connectivity index (χ3n) is 6.79. The van der Waals surface area contributed by atoms with Crippen LogP contribution in [0.1, 0.15) is 12.8 Å². The summed E-state index contributed by atoms with van der Waals surface area (Å²) in [6.07, 6.45) is 5.21. The molecule has 1 aromatic heterocycles. The lowest BCUT2D eigenvalue weighted by Crippen LogP contribution is -2.52. The first-order chi connectivity index (χ1) is 16.0. The van der Waals surface area contributed by atoms with Gasteiger partial charge in [0.25, 0.3) is 0 Å². The van der Waals surface area contributed by atoms with Crippen molar-refractivity contribution in [3.8, 4) is 0 Å². The molecule has 0 atom stereocenters. The van der Waals surface area contributed by atoms with Gasteiger partial charge in [-0.05, 0) is 36.4 Å². The van der Waals surface area contributed by atoms with Crippen LogP contribution in [0.15, 0.2) is 71.9 Å². The van der Waals surface area contributed by atoms with Crippen molar-refractivity contribution >= 4 is 32.4 Å². The van der Waals surface area contributed by atoms with Crippen LogP contribution < -0.4 is 4.90 Å². The van der Waals surface area contributed by atoms with Gasteiger partial charge in [-0.3, -0.25) is 9.78 Å². The van der Waals surface area contributed by atoms with Crippen molar-refractivity contribution in [3.05, 3.63) is 67.0 Å². The van der Waals surface area contributed by atoms with E-state index in [2.05, 4.69) is 9.88 Å². The number of amides is 1. The molecule has 0 saturated carbocycles. The van der Waals surface area contributed by atoms with E-state index in [1.165, 1.54) is 4.31 Å². The van der Waals surface area contributed by atoms with E-state index in [-0.39, 0.29) is 11.8 Å². The van der Waals surface area contributed by atoms with Crippen molar-refractivity contribution in [1.82, 2.24) is 14.2 Å². The second kappa shape index (κ2) is 9.11. The Kier molecular flexibility index (Phi) is 6.03. The van der Waals surface area contributed by atoms with Crippen molar-refractivity contribution in [1.29, 1.82) is 0 Å². The summed E-state index contributed by atoms with van der Waals surface area (Å²) in [7, 11) is -3.62. The summed E-state index contributed by atoms with van der Waals surface area (Å²) in [5.41, 5.74) is 1.14. The Morgan fingerprint density at radius 1 is 0.818 bits per heavy atom. The fourth-order valence-electron chi connectivity index (χ4n) is 4.91. The van der Waals surface area contributed by atoms with Gasteiger partial charge in [0.05, 0.1) is 4.90 Å². The second-order valence-electron chi connectivity index (χ2n) is 8.67. The Balaban J connectivity index is 1.21. The van der Waals surface area contributed by atoms with Crippen molar-refractivity contribution in [2.75, 3.05) is 44.2 Å². The van der Waals surface area contributed by atoms with Crippen LogP contribution in [-0.2, 0) is 14.8 Å². The normalized spacial score (nSPS) is 18.5. The maximum absolute atomic E-state index is 13.4. The highest BCUT2D eigenvalue weighted by atomic mass is 32.2. The number of piperidine rings is 1. The number of rotatable bonds is 4.